The van der Waals surface area contributed by atoms with E-state index in [4.69, 9.17) is 0 Å². The maximum atomic E-state index is 9.59. The summed E-state index contributed by atoms with van der Waals surface area (Å²) in [7, 11) is 0. The van der Waals surface area contributed by atoms with Crippen LogP contribution in [0, 0.1) is 11.8 Å². The molecule has 0 spiro atoms. The lowest BCUT2D eigenvalue weighted by Gasteiger charge is -2.29. The fourth-order valence-electron chi connectivity index (χ4n) is 1.68. The second-order valence-electron chi connectivity index (χ2n) is 4.66. The maximum absolute atomic E-state index is 9.59. The molecular weight excluding hydrogens is 136 g/mol. The van der Waals surface area contributed by atoms with E-state index < -0.39 is 5.60 Å². The Morgan fingerprint density at radius 3 is 2.00 bits per heavy atom. The lowest BCUT2D eigenvalue weighted by molar-refractivity contribution is 0.0427. The fraction of sp³-hybridized carbons (Fsp3) is 0.700. The van der Waals surface area contributed by atoms with E-state index in [0.717, 1.165) is 6.42 Å². The summed E-state index contributed by atoms with van der Waals surface area (Å²) in [5, 5.41) is 9.59. The first-order valence-electron chi connectivity index (χ1n) is 4.09. The maximum Gasteiger partial charge on any atom is 0.0599 e. The minimum Gasteiger partial charge on any atom is -0.390 e. The first-order chi connectivity index (χ1) is 4.81. The van der Waals surface area contributed by atoms with Crippen LogP contribution in [0.2, 0.25) is 0 Å². The van der Waals surface area contributed by atoms with Crippen molar-refractivity contribution < 1.29 is 5.11 Å². The van der Waals surface area contributed by atoms with Crippen LogP contribution in [0.1, 0.15) is 34.1 Å². The van der Waals surface area contributed by atoms with Gasteiger partial charge in [-0.2, -0.15) is 0 Å². The molecule has 1 aliphatic carbocycles. The predicted octanol–water partition coefficient (Wildman–Crippen LogP) is 2.32. The van der Waals surface area contributed by atoms with Gasteiger partial charge >= 0.3 is 0 Å². The van der Waals surface area contributed by atoms with Crippen LogP contribution in [0.4, 0.5) is 0 Å². The van der Waals surface area contributed by atoms with E-state index in [2.05, 4.69) is 26.3 Å². The molecule has 0 saturated heterocycles. The Balaban J connectivity index is 2.53. The molecule has 0 amide bonds. The first-order valence-corrected chi connectivity index (χ1v) is 4.09. The molecule has 1 heteroatoms. The van der Waals surface area contributed by atoms with Crippen LogP contribution in [0.3, 0.4) is 0 Å². The van der Waals surface area contributed by atoms with Crippen molar-refractivity contribution in [1.29, 1.82) is 0 Å². The van der Waals surface area contributed by atoms with Crippen molar-refractivity contribution >= 4 is 0 Å². The van der Waals surface area contributed by atoms with E-state index in [1.54, 1.807) is 0 Å². The quantitative estimate of drug-likeness (QED) is 0.659. The predicted molar refractivity (Wildman–Crippen MR) is 47.1 cm³/mol. The monoisotopic (exact) mass is 153 g/mol. The largest absolute Gasteiger partial charge is 0.390 e. The fourth-order valence-corrected chi connectivity index (χ4v) is 1.68. The third-order valence-corrected chi connectivity index (χ3v) is 1.99. The third-order valence-electron chi connectivity index (χ3n) is 1.99. The zero-order valence-electron chi connectivity index (χ0n) is 7.81. The Bertz CT molecular complexity index is 182. The van der Waals surface area contributed by atoms with Gasteiger partial charge in [0, 0.05) is 6.42 Å². The van der Waals surface area contributed by atoms with Crippen molar-refractivity contribution in [3.63, 3.8) is 0 Å². The molecule has 1 radical (unpaired) electrons. The van der Waals surface area contributed by atoms with Crippen LogP contribution < -0.4 is 0 Å². The lowest BCUT2D eigenvalue weighted by atomic mass is 9.79. The minimum absolute atomic E-state index is 0.151. The van der Waals surface area contributed by atoms with Crippen LogP contribution in [0.15, 0.2) is 11.6 Å². The van der Waals surface area contributed by atoms with Crippen LogP contribution >= 0.6 is 0 Å². The molecule has 0 heterocycles. The van der Waals surface area contributed by atoms with Gasteiger partial charge in [0.05, 0.1) is 5.60 Å². The Morgan fingerprint density at radius 1 is 1.27 bits per heavy atom. The Morgan fingerprint density at radius 2 is 1.73 bits per heavy atom. The SMILES string of the molecule is CC(C)(O)CC(C)(C)C1=C[CH]1. The van der Waals surface area contributed by atoms with Crippen LogP contribution in [0.5, 0.6) is 0 Å². The minimum atomic E-state index is -0.555. The highest BCUT2D eigenvalue weighted by atomic mass is 16.3. The highest BCUT2D eigenvalue weighted by Crippen LogP contribution is 2.42. The molecule has 0 aromatic carbocycles. The van der Waals surface area contributed by atoms with Gasteiger partial charge in [0.1, 0.15) is 0 Å². The molecule has 1 aliphatic rings. The molecule has 1 rings (SSSR count). The highest BCUT2D eigenvalue weighted by molar-refractivity contribution is 5.43. The van der Waals surface area contributed by atoms with Gasteiger partial charge in [0.25, 0.3) is 0 Å². The summed E-state index contributed by atoms with van der Waals surface area (Å²) in [6.45, 7) is 8.05. The molecule has 0 fully saturated rings. The molecule has 63 valence electrons. The Labute approximate surface area is 69.1 Å². The van der Waals surface area contributed by atoms with E-state index in [9.17, 15) is 5.11 Å². The lowest BCUT2D eigenvalue weighted by Crippen LogP contribution is -2.27. The van der Waals surface area contributed by atoms with E-state index in [-0.39, 0.29) is 5.41 Å². The number of rotatable bonds is 3. The number of hydrogen-bond donors (Lipinski definition) is 1. The second kappa shape index (κ2) is 2.34. The van der Waals surface area contributed by atoms with Crippen LogP contribution in [-0.4, -0.2) is 10.7 Å². The molecule has 0 aromatic heterocycles. The Hall–Kier alpha value is -0.300. The first kappa shape index (κ1) is 8.79. The third kappa shape index (κ3) is 2.66. The average Bonchev–Trinajstić information content (AvgIpc) is 2.30. The van der Waals surface area contributed by atoms with Crippen molar-refractivity contribution in [2.24, 2.45) is 5.41 Å². The molecule has 0 bridgehead atoms. The second-order valence-corrected chi connectivity index (χ2v) is 4.66. The van der Waals surface area contributed by atoms with Crippen molar-refractivity contribution in [3.05, 3.63) is 18.1 Å². The topological polar surface area (TPSA) is 20.2 Å². The van der Waals surface area contributed by atoms with E-state index >= 15 is 0 Å². The molecule has 1 nitrogen and oxygen atoms in total. The van der Waals surface area contributed by atoms with Crippen molar-refractivity contribution in [2.75, 3.05) is 0 Å². The molecule has 0 aliphatic heterocycles. The Kier molecular flexibility index (Phi) is 1.87. The van der Waals surface area contributed by atoms with Gasteiger partial charge in [-0.15, -0.1) is 0 Å². The highest BCUT2D eigenvalue weighted by Gasteiger charge is 2.33. The summed E-state index contributed by atoms with van der Waals surface area (Å²) in [5.41, 5.74) is 0.971. The van der Waals surface area contributed by atoms with Gasteiger partial charge in [-0.05, 0) is 25.7 Å². The van der Waals surface area contributed by atoms with E-state index in [0.29, 0.717) is 0 Å². The molecule has 0 aromatic rings. The normalized spacial score (nSPS) is 18.1. The van der Waals surface area contributed by atoms with Crippen LogP contribution in [0.25, 0.3) is 0 Å². The summed E-state index contributed by atoms with van der Waals surface area (Å²) < 4.78 is 0. The van der Waals surface area contributed by atoms with Gasteiger partial charge < -0.3 is 5.11 Å². The van der Waals surface area contributed by atoms with Crippen molar-refractivity contribution in [2.45, 2.75) is 39.7 Å². The van der Waals surface area contributed by atoms with E-state index in [1.165, 1.54) is 5.57 Å². The zero-order valence-corrected chi connectivity index (χ0v) is 7.81. The molecule has 11 heavy (non-hydrogen) atoms. The number of allylic oxidation sites excluding steroid dienone is 2. The summed E-state index contributed by atoms with van der Waals surface area (Å²) in [4.78, 5) is 0. The van der Waals surface area contributed by atoms with Gasteiger partial charge in [0.15, 0.2) is 0 Å². The van der Waals surface area contributed by atoms with Crippen molar-refractivity contribution in [1.82, 2.24) is 0 Å². The molecular formula is C10H17O. The zero-order chi connectivity index (χ0) is 8.70. The van der Waals surface area contributed by atoms with Crippen LogP contribution in [-0.2, 0) is 0 Å². The summed E-state index contributed by atoms with van der Waals surface area (Å²) >= 11 is 0. The smallest absolute Gasteiger partial charge is 0.0599 e. The van der Waals surface area contributed by atoms with Gasteiger partial charge in [-0.25, -0.2) is 0 Å². The average molecular weight is 153 g/mol. The van der Waals surface area contributed by atoms with Gasteiger partial charge in [-0.3, -0.25) is 0 Å². The molecule has 0 atom stereocenters. The van der Waals surface area contributed by atoms with Crippen molar-refractivity contribution in [3.8, 4) is 0 Å². The summed E-state index contributed by atoms with van der Waals surface area (Å²) in [5.74, 6) is 0. The number of aliphatic hydroxyl groups is 1. The van der Waals surface area contributed by atoms with Gasteiger partial charge in [-0.1, -0.05) is 25.5 Å². The van der Waals surface area contributed by atoms with E-state index in [1.807, 2.05) is 13.8 Å². The standard InChI is InChI=1S/C10H17O/c1-9(2,8-5-6-8)7-10(3,4)11/h5-6,11H,7H2,1-4H3. The number of hydrogen-bond acceptors (Lipinski definition) is 1. The summed E-state index contributed by atoms with van der Waals surface area (Å²) in [6.07, 6.45) is 5.06. The summed E-state index contributed by atoms with van der Waals surface area (Å²) in [6, 6.07) is 0. The molecule has 0 saturated carbocycles. The van der Waals surface area contributed by atoms with Gasteiger partial charge in [0.2, 0.25) is 0 Å². The molecule has 0 unspecified atom stereocenters. The molecule has 1 N–H and O–H groups in total.